The molecule has 1 aromatic carbocycles. The number of methoxy groups -OCH3 is 1. The first-order valence-electron chi connectivity index (χ1n) is 7.56. The predicted octanol–water partition coefficient (Wildman–Crippen LogP) is 2.50. The Hall–Kier alpha value is -1.55. The largest absolute Gasteiger partial charge is 0.493 e. The Bertz CT molecular complexity index is 467. The number of piperidine rings is 1. The van der Waals surface area contributed by atoms with E-state index in [-0.39, 0.29) is 11.9 Å². The van der Waals surface area contributed by atoms with Gasteiger partial charge in [-0.25, -0.2) is 0 Å². The van der Waals surface area contributed by atoms with Gasteiger partial charge in [0.15, 0.2) is 0 Å². The third kappa shape index (κ3) is 4.46. The fourth-order valence-electron chi connectivity index (χ4n) is 2.87. The van der Waals surface area contributed by atoms with E-state index in [1.165, 1.54) is 7.11 Å². The lowest BCUT2D eigenvalue weighted by atomic mass is 9.85. The number of aryl methyl sites for hydroxylation is 1. The summed E-state index contributed by atoms with van der Waals surface area (Å²) in [6.07, 6.45) is 2.04. The molecule has 0 saturated carbocycles. The van der Waals surface area contributed by atoms with Crippen molar-refractivity contribution < 1.29 is 14.3 Å². The molecule has 1 aliphatic heterocycles. The van der Waals surface area contributed by atoms with Gasteiger partial charge in [0.2, 0.25) is 0 Å². The molecule has 0 spiro atoms. The summed E-state index contributed by atoms with van der Waals surface area (Å²) in [5.41, 5.74) is 1.15. The van der Waals surface area contributed by atoms with Crippen molar-refractivity contribution in [3.8, 4) is 5.75 Å². The predicted molar refractivity (Wildman–Crippen MR) is 82.4 cm³/mol. The van der Waals surface area contributed by atoms with Gasteiger partial charge in [-0.1, -0.05) is 12.1 Å². The highest BCUT2D eigenvalue weighted by atomic mass is 16.5. The normalized spacial score (nSPS) is 18.2. The van der Waals surface area contributed by atoms with Gasteiger partial charge in [-0.05, 0) is 63.5 Å². The zero-order valence-electron chi connectivity index (χ0n) is 13.2. The molecular weight excluding hydrogens is 266 g/mol. The third-order valence-electron chi connectivity index (χ3n) is 4.26. The van der Waals surface area contributed by atoms with Crippen molar-refractivity contribution >= 4 is 5.97 Å². The Morgan fingerprint density at radius 2 is 2.10 bits per heavy atom. The van der Waals surface area contributed by atoms with E-state index in [2.05, 4.69) is 11.9 Å². The van der Waals surface area contributed by atoms with Crippen LogP contribution in [0.25, 0.3) is 0 Å². The van der Waals surface area contributed by atoms with E-state index in [1.54, 1.807) is 0 Å². The molecule has 2 rings (SSSR count). The Balaban J connectivity index is 1.98. The van der Waals surface area contributed by atoms with Crippen molar-refractivity contribution in [3.63, 3.8) is 0 Å². The van der Waals surface area contributed by atoms with Crippen molar-refractivity contribution in [2.45, 2.75) is 19.8 Å². The molecule has 0 radical (unpaired) electrons. The van der Waals surface area contributed by atoms with Crippen LogP contribution in [0.3, 0.4) is 0 Å². The second kappa shape index (κ2) is 7.46. The number of carbonyl (C=O) groups excluding carboxylic acids is 1. The smallest absolute Gasteiger partial charge is 0.312 e. The minimum atomic E-state index is -0.177. The summed E-state index contributed by atoms with van der Waals surface area (Å²) in [7, 11) is 3.57. The summed E-state index contributed by atoms with van der Waals surface area (Å²) >= 11 is 0. The van der Waals surface area contributed by atoms with Crippen LogP contribution < -0.4 is 4.74 Å². The maximum atomic E-state index is 12.1. The molecule has 116 valence electrons. The quantitative estimate of drug-likeness (QED) is 0.781. The van der Waals surface area contributed by atoms with Crippen LogP contribution in [0, 0.1) is 18.8 Å². The van der Waals surface area contributed by atoms with Gasteiger partial charge in [-0.3, -0.25) is 4.79 Å². The average Bonchev–Trinajstić information content (AvgIpc) is 2.49. The van der Waals surface area contributed by atoms with E-state index in [9.17, 15) is 4.79 Å². The number of ether oxygens (including phenoxy) is 2. The maximum absolute atomic E-state index is 12.1. The fraction of sp³-hybridized carbons (Fsp3) is 0.588. The topological polar surface area (TPSA) is 38.8 Å². The molecule has 0 amide bonds. The first-order chi connectivity index (χ1) is 10.1. The summed E-state index contributed by atoms with van der Waals surface area (Å²) in [4.78, 5) is 14.4. The molecule has 0 bridgehead atoms. The van der Waals surface area contributed by atoms with Crippen LogP contribution in [0.5, 0.6) is 5.75 Å². The van der Waals surface area contributed by atoms with Gasteiger partial charge in [0.05, 0.1) is 13.0 Å². The summed E-state index contributed by atoms with van der Waals surface area (Å²) < 4.78 is 10.8. The first kappa shape index (κ1) is 15.8. The first-order valence-corrected chi connectivity index (χ1v) is 7.56. The number of hydrogen-bond acceptors (Lipinski definition) is 4. The van der Waals surface area contributed by atoms with Crippen molar-refractivity contribution in [1.82, 2.24) is 4.90 Å². The van der Waals surface area contributed by atoms with Gasteiger partial charge < -0.3 is 14.4 Å². The Morgan fingerprint density at radius 3 is 2.71 bits per heavy atom. The monoisotopic (exact) mass is 291 g/mol. The highest BCUT2D eigenvalue weighted by Crippen LogP contribution is 2.26. The molecule has 1 heterocycles. The Morgan fingerprint density at radius 1 is 1.38 bits per heavy atom. The maximum Gasteiger partial charge on any atom is 0.312 e. The van der Waals surface area contributed by atoms with Gasteiger partial charge in [-0.15, -0.1) is 0 Å². The van der Waals surface area contributed by atoms with Gasteiger partial charge in [0.25, 0.3) is 0 Å². The van der Waals surface area contributed by atoms with Crippen molar-refractivity contribution in [2.24, 2.45) is 11.8 Å². The molecular formula is C17H25NO3. The molecule has 1 fully saturated rings. The van der Waals surface area contributed by atoms with Crippen molar-refractivity contribution in [3.05, 3.63) is 29.8 Å². The average molecular weight is 291 g/mol. The van der Waals surface area contributed by atoms with Gasteiger partial charge in [0.1, 0.15) is 12.4 Å². The van der Waals surface area contributed by atoms with Crippen LogP contribution in [0.1, 0.15) is 18.4 Å². The number of esters is 1. The zero-order valence-corrected chi connectivity index (χ0v) is 13.2. The molecule has 4 nitrogen and oxygen atoms in total. The van der Waals surface area contributed by atoms with E-state index < -0.39 is 0 Å². The third-order valence-corrected chi connectivity index (χ3v) is 4.26. The van der Waals surface area contributed by atoms with Crippen LogP contribution in [-0.4, -0.2) is 44.7 Å². The Kier molecular flexibility index (Phi) is 5.62. The molecule has 4 heteroatoms. The van der Waals surface area contributed by atoms with Gasteiger partial charge in [-0.2, -0.15) is 0 Å². The number of rotatable bonds is 5. The number of benzene rings is 1. The van der Waals surface area contributed by atoms with E-state index in [1.807, 2.05) is 31.2 Å². The van der Waals surface area contributed by atoms with Crippen LogP contribution in [0.15, 0.2) is 24.3 Å². The van der Waals surface area contributed by atoms with E-state index >= 15 is 0 Å². The molecule has 1 atom stereocenters. The Labute approximate surface area is 127 Å². The van der Waals surface area contributed by atoms with Crippen molar-refractivity contribution in [1.29, 1.82) is 0 Å². The van der Waals surface area contributed by atoms with Crippen LogP contribution in [0.4, 0.5) is 0 Å². The summed E-state index contributed by atoms with van der Waals surface area (Å²) in [5, 5.41) is 0. The SMILES string of the molecule is COC(=O)C(COc1cccc(C)c1)C1CCN(C)CC1. The molecule has 1 saturated heterocycles. The lowest BCUT2D eigenvalue weighted by Crippen LogP contribution is -2.38. The van der Waals surface area contributed by atoms with E-state index in [0.29, 0.717) is 12.5 Å². The summed E-state index contributed by atoms with van der Waals surface area (Å²) in [5.74, 6) is 0.830. The standard InChI is InChI=1S/C17H25NO3/c1-13-5-4-6-15(11-13)21-12-16(17(19)20-3)14-7-9-18(2)10-8-14/h4-6,11,14,16H,7-10,12H2,1-3H3. The lowest BCUT2D eigenvalue weighted by molar-refractivity contribution is -0.149. The minimum absolute atomic E-state index is 0.155. The molecule has 1 unspecified atom stereocenters. The number of likely N-dealkylation sites (tertiary alicyclic amines) is 1. The highest BCUT2D eigenvalue weighted by molar-refractivity contribution is 5.72. The van der Waals surface area contributed by atoms with Gasteiger partial charge in [0, 0.05) is 0 Å². The number of carbonyl (C=O) groups is 1. The molecule has 1 aliphatic rings. The fourth-order valence-corrected chi connectivity index (χ4v) is 2.87. The van der Waals surface area contributed by atoms with Crippen LogP contribution >= 0.6 is 0 Å². The lowest BCUT2D eigenvalue weighted by Gasteiger charge is -2.32. The van der Waals surface area contributed by atoms with E-state index in [0.717, 1.165) is 37.2 Å². The second-order valence-corrected chi connectivity index (χ2v) is 5.90. The molecule has 0 aromatic heterocycles. The van der Waals surface area contributed by atoms with Crippen LogP contribution in [-0.2, 0) is 9.53 Å². The van der Waals surface area contributed by atoms with Crippen LogP contribution in [0.2, 0.25) is 0 Å². The van der Waals surface area contributed by atoms with Crippen molar-refractivity contribution in [2.75, 3.05) is 33.9 Å². The summed E-state index contributed by atoms with van der Waals surface area (Å²) in [6.45, 7) is 4.48. The molecule has 1 aromatic rings. The molecule has 0 N–H and O–H groups in total. The molecule has 21 heavy (non-hydrogen) atoms. The second-order valence-electron chi connectivity index (χ2n) is 5.90. The molecule has 0 aliphatic carbocycles. The summed E-state index contributed by atoms with van der Waals surface area (Å²) in [6, 6.07) is 7.91. The minimum Gasteiger partial charge on any atom is -0.493 e. The number of nitrogens with zero attached hydrogens (tertiary/aromatic N) is 1. The number of hydrogen-bond donors (Lipinski definition) is 0. The van der Waals surface area contributed by atoms with Gasteiger partial charge >= 0.3 is 5.97 Å². The van der Waals surface area contributed by atoms with E-state index in [4.69, 9.17) is 9.47 Å². The highest BCUT2D eigenvalue weighted by Gasteiger charge is 2.32. The zero-order chi connectivity index (χ0) is 15.2.